The largest absolute Gasteiger partial charge is 0.389 e. The lowest BCUT2D eigenvalue weighted by Crippen LogP contribution is -2.49. The molecule has 0 radical (unpaired) electrons. The van der Waals surface area contributed by atoms with Gasteiger partial charge in [0.15, 0.2) is 0 Å². The van der Waals surface area contributed by atoms with E-state index in [1.807, 2.05) is 18.2 Å². The molecule has 4 N–H and O–H groups in total. The number of aliphatic hydroxyl groups is 1. The number of hydrogen-bond acceptors (Lipinski definition) is 3. The maximum absolute atomic E-state index is 11.9. The Morgan fingerprint density at radius 3 is 2.72 bits per heavy atom. The summed E-state index contributed by atoms with van der Waals surface area (Å²) in [6.45, 7) is 1.68. The number of para-hydroxylation sites is 1. The molecule has 0 saturated heterocycles. The number of nitrogens with two attached hydrogens (primary N) is 1. The van der Waals surface area contributed by atoms with Crippen molar-refractivity contribution in [3.63, 3.8) is 0 Å². The number of carbonyl (C=O) groups excluding carboxylic acids is 1. The van der Waals surface area contributed by atoms with E-state index in [2.05, 4.69) is 5.32 Å². The second-order valence-electron chi connectivity index (χ2n) is 5.20. The Morgan fingerprint density at radius 1 is 1.50 bits per heavy atom. The molecule has 0 aliphatic heterocycles. The first kappa shape index (κ1) is 13.1. The molecule has 0 bridgehead atoms. The first-order chi connectivity index (χ1) is 8.50. The standard InChI is InChI=1S/C14H20N2O2/c1-10(17)11-5-2-3-6-12(11)16-13(18)9-14(15)7-4-8-14/h2-3,5-6,10,17H,4,7-9,15H2,1H3,(H,16,18). The lowest BCUT2D eigenvalue weighted by molar-refractivity contribution is -0.118. The molecule has 1 unspecified atom stereocenters. The van der Waals surface area contributed by atoms with Gasteiger partial charge in [-0.15, -0.1) is 0 Å². The molecule has 1 amide bonds. The molecule has 0 aromatic heterocycles. The van der Waals surface area contributed by atoms with Crippen LogP contribution in [0.3, 0.4) is 0 Å². The minimum absolute atomic E-state index is 0.0784. The second-order valence-corrected chi connectivity index (χ2v) is 5.20. The molecule has 0 spiro atoms. The highest BCUT2D eigenvalue weighted by molar-refractivity contribution is 5.92. The van der Waals surface area contributed by atoms with Gasteiger partial charge >= 0.3 is 0 Å². The topological polar surface area (TPSA) is 75.3 Å². The smallest absolute Gasteiger partial charge is 0.226 e. The van der Waals surface area contributed by atoms with E-state index in [1.54, 1.807) is 13.0 Å². The van der Waals surface area contributed by atoms with Crippen molar-refractivity contribution < 1.29 is 9.90 Å². The second kappa shape index (κ2) is 5.08. The number of carbonyl (C=O) groups is 1. The average molecular weight is 248 g/mol. The van der Waals surface area contributed by atoms with E-state index in [1.165, 1.54) is 0 Å². The van der Waals surface area contributed by atoms with E-state index in [9.17, 15) is 9.90 Å². The van der Waals surface area contributed by atoms with Gasteiger partial charge < -0.3 is 16.2 Å². The molecular formula is C14H20N2O2. The minimum Gasteiger partial charge on any atom is -0.389 e. The van der Waals surface area contributed by atoms with Crippen LogP contribution in [0.15, 0.2) is 24.3 Å². The first-order valence-corrected chi connectivity index (χ1v) is 6.36. The zero-order valence-electron chi connectivity index (χ0n) is 10.6. The van der Waals surface area contributed by atoms with Gasteiger partial charge in [0.05, 0.1) is 6.10 Å². The van der Waals surface area contributed by atoms with E-state index in [0.717, 1.165) is 24.8 Å². The molecule has 4 heteroatoms. The fourth-order valence-corrected chi connectivity index (χ4v) is 2.30. The van der Waals surface area contributed by atoms with Gasteiger partial charge in [-0.2, -0.15) is 0 Å². The zero-order valence-corrected chi connectivity index (χ0v) is 10.6. The fraction of sp³-hybridized carbons (Fsp3) is 0.500. The highest BCUT2D eigenvalue weighted by Crippen LogP contribution is 2.32. The molecule has 1 aliphatic rings. The van der Waals surface area contributed by atoms with Gasteiger partial charge in [-0.3, -0.25) is 4.79 Å². The molecule has 1 saturated carbocycles. The molecule has 1 aliphatic carbocycles. The predicted octanol–water partition coefficient (Wildman–Crippen LogP) is 1.95. The Bertz CT molecular complexity index is 439. The molecule has 1 aromatic rings. The van der Waals surface area contributed by atoms with Crippen LogP contribution < -0.4 is 11.1 Å². The number of nitrogens with one attached hydrogen (secondary N) is 1. The molecule has 2 rings (SSSR count). The molecule has 1 aromatic carbocycles. The monoisotopic (exact) mass is 248 g/mol. The van der Waals surface area contributed by atoms with Crippen molar-refractivity contribution in [2.75, 3.05) is 5.32 Å². The lowest BCUT2D eigenvalue weighted by Gasteiger charge is -2.37. The van der Waals surface area contributed by atoms with Crippen molar-refractivity contribution in [3.05, 3.63) is 29.8 Å². The molecule has 18 heavy (non-hydrogen) atoms. The van der Waals surface area contributed by atoms with Crippen LogP contribution in [0.4, 0.5) is 5.69 Å². The number of amides is 1. The van der Waals surface area contributed by atoms with Gasteiger partial charge in [0.2, 0.25) is 5.91 Å². The highest BCUT2D eigenvalue weighted by atomic mass is 16.3. The summed E-state index contributed by atoms with van der Waals surface area (Å²) < 4.78 is 0. The first-order valence-electron chi connectivity index (χ1n) is 6.36. The molecule has 1 fully saturated rings. The predicted molar refractivity (Wildman–Crippen MR) is 71.1 cm³/mol. The van der Waals surface area contributed by atoms with Crippen LogP contribution in [-0.2, 0) is 4.79 Å². The third-order valence-electron chi connectivity index (χ3n) is 3.55. The number of aliphatic hydroxyl groups excluding tert-OH is 1. The van der Waals surface area contributed by atoms with E-state index < -0.39 is 6.10 Å². The van der Waals surface area contributed by atoms with Crippen molar-refractivity contribution in [3.8, 4) is 0 Å². The van der Waals surface area contributed by atoms with Crippen LogP contribution in [0, 0.1) is 0 Å². The Kier molecular flexibility index (Phi) is 3.68. The van der Waals surface area contributed by atoms with Crippen LogP contribution in [0.2, 0.25) is 0 Å². The highest BCUT2D eigenvalue weighted by Gasteiger charge is 2.34. The maximum Gasteiger partial charge on any atom is 0.226 e. The van der Waals surface area contributed by atoms with Gasteiger partial charge in [0, 0.05) is 23.2 Å². The molecule has 0 heterocycles. The van der Waals surface area contributed by atoms with Gasteiger partial charge in [-0.1, -0.05) is 18.2 Å². The fourth-order valence-electron chi connectivity index (χ4n) is 2.30. The van der Waals surface area contributed by atoms with Gasteiger partial charge in [0.1, 0.15) is 0 Å². The normalized spacial score (nSPS) is 18.8. The van der Waals surface area contributed by atoms with E-state index in [0.29, 0.717) is 12.1 Å². The summed E-state index contributed by atoms with van der Waals surface area (Å²) in [4.78, 5) is 11.9. The summed E-state index contributed by atoms with van der Waals surface area (Å²) >= 11 is 0. The Balaban J connectivity index is 2.02. The Labute approximate surface area is 107 Å². The third kappa shape index (κ3) is 2.89. The van der Waals surface area contributed by atoms with Crippen molar-refractivity contribution >= 4 is 11.6 Å². The third-order valence-corrected chi connectivity index (χ3v) is 3.55. The number of benzene rings is 1. The molecule has 98 valence electrons. The van der Waals surface area contributed by atoms with E-state index in [4.69, 9.17) is 5.73 Å². The van der Waals surface area contributed by atoms with Crippen LogP contribution in [0.25, 0.3) is 0 Å². The molecule has 4 nitrogen and oxygen atoms in total. The van der Waals surface area contributed by atoms with Crippen molar-refractivity contribution in [1.29, 1.82) is 0 Å². The zero-order chi connectivity index (χ0) is 13.2. The molecular weight excluding hydrogens is 228 g/mol. The van der Waals surface area contributed by atoms with Crippen molar-refractivity contribution in [2.45, 2.75) is 44.2 Å². The Hall–Kier alpha value is -1.39. The van der Waals surface area contributed by atoms with Crippen molar-refractivity contribution in [1.82, 2.24) is 0 Å². The summed E-state index contributed by atoms with van der Waals surface area (Å²) in [6.07, 6.45) is 2.68. The summed E-state index contributed by atoms with van der Waals surface area (Å²) in [5, 5.41) is 12.5. The summed E-state index contributed by atoms with van der Waals surface area (Å²) in [5.74, 6) is -0.0784. The number of rotatable bonds is 4. The molecule has 1 atom stereocenters. The average Bonchev–Trinajstić information content (AvgIpc) is 2.27. The maximum atomic E-state index is 11.9. The summed E-state index contributed by atoms with van der Waals surface area (Å²) in [7, 11) is 0. The van der Waals surface area contributed by atoms with E-state index >= 15 is 0 Å². The quantitative estimate of drug-likeness (QED) is 0.762. The number of hydrogen-bond donors (Lipinski definition) is 3. The van der Waals surface area contributed by atoms with Crippen LogP contribution in [0.5, 0.6) is 0 Å². The van der Waals surface area contributed by atoms with Gasteiger partial charge in [0.25, 0.3) is 0 Å². The van der Waals surface area contributed by atoms with Crippen LogP contribution in [0.1, 0.15) is 44.3 Å². The summed E-state index contributed by atoms with van der Waals surface area (Å²) in [6, 6.07) is 7.28. The Morgan fingerprint density at radius 2 is 2.17 bits per heavy atom. The van der Waals surface area contributed by atoms with Crippen molar-refractivity contribution in [2.24, 2.45) is 5.73 Å². The summed E-state index contributed by atoms with van der Waals surface area (Å²) in [5.41, 5.74) is 7.12. The van der Waals surface area contributed by atoms with Crippen LogP contribution in [-0.4, -0.2) is 16.6 Å². The van der Waals surface area contributed by atoms with Gasteiger partial charge in [-0.05, 0) is 32.3 Å². The van der Waals surface area contributed by atoms with Crippen LogP contribution >= 0.6 is 0 Å². The van der Waals surface area contributed by atoms with E-state index in [-0.39, 0.29) is 11.4 Å². The lowest BCUT2D eigenvalue weighted by atomic mass is 9.75. The SMILES string of the molecule is CC(O)c1ccccc1NC(=O)CC1(N)CCC1. The van der Waals surface area contributed by atoms with Gasteiger partial charge in [-0.25, -0.2) is 0 Å². The minimum atomic E-state index is -0.600. The number of anilines is 1.